The van der Waals surface area contributed by atoms with Crippen LogP contribution in [0.25, 0.3) is 0 Å². The number of benzene rings is 2. The van der Waals surface area contributed by atoms with Crippen LogP contribution in [0.5, 0.6) is 11.5 Å². The quantitative estimate of drug-likeness (QED) is 0.299. The second-order valence-corrected chi connectivity index (χ2v) is 6.25. The van der Waals surface area contributed by atoms with E-state index in [1.165, 1.54) is 0 Å². The van der Waals surface area contributed by atoms with E-state index in [4.69, 9.17) is 31.5 Å². The highest BCUT2D eigenvalue weighted by molar-refractivity contribution is 14.0. The van der Waals surface area contributed by atoms with Gasteiger partial charge in [0.25, 0.3) is 0 Å². The van der Waals surface area contributed by atoms with E-state index in [-0.39, 0.29) is 30.1 Å². The summed E-state index contributed by atoms with van der Waals surface area (Å²) in [6.45, 7) is 1.03. The highest BCUT2D eigenvalue weighted by Gasteiger charge is 2.13. The number of halogens is 2. The number of rotatable bonds is 9. The van der Waals surface area contributed by atoms with Crippen LogP contribution in [0.4, 0.5) is 0 Å². The fourth-order valence-corrected chi connectivity index (χ4v) is 2.90. The van der Waals surface area contributed by atoms with Gasteiger partial charge in [0.05, 0.1) is 20.8 Å². The minimum absolute atomic E-state index is 0. The number of ether oxygens (including phenoxy) is 3. The summed E-state index contributed by atoms with van der Waals surface area (Å²) in [6.07, 6.45) is 0.527. The molecule has 8 heteroatoms. The van der Waals surface area contributed by atoms with Gasteiger partial charge in [-0.3, -0.25) is 4.99 Å². The number of hydrogen-bond donors (Lipinski definition) is 2. The van der Waals surface area contributed by atoms with E-state index in [0.717, 1.165) is 17.5 Å². The van der Waals surface area contributed by atoms with Crippen molar-refractivity contribution in [1.82, 2.24) is 5.32 Å². The van der Waals surface area contributed by atoms with E-state index in [1.54, 1.807) is 21.3 Å². The van der Waals surface area contributed by atoms with Crippen LogP contribution in [0, 0.1) is 0 Å². The molecule has 0 aliphatic rings. The van der Waals surface area contributed by atoms with Crippen molar-refractivity contribution >= 4 is 41.5 Å². The van der Waals surface area contributed by atoms with Crippen molar-refractivity contribution in [2.24, 2.45) is 10.7 Å². The number of nitrogens with zero attached hydrogens (tertiary/aromatic N) is 1. The molecule has 2 aromatic carbocycles. The van der Waals surface area contributed by atoms with E-state index in [0.29, 0.717) is 35.6 Å². The molecule has 0 saturated heterocycles. The molecule has 0 aromatic heterocycles. The van der Waals surface area contributed by atoms with Gasteiger partial charge in [-0.2, -0.15) is 0 Å². The molecule has 28 heavy (non-hydrogen) atoms. The van der Waals surface area contributed by atoms with Crippen molar-refractivity contribution in [3.63, 3.8) is 0 Å². The van der Waals surface area contributed by atoms with Gasteiger partial charge in [0.1, 0.15) is 6.10 Å². The van der Waals surface area contributed by atoms with E-state index < -0.39 is 0 Å². The first kappa shape index (κ1) is 24.3. The van der Waals surface area contributed by atoms with Crippen LogP contribution in [-0.2, 0) is 11.2 Å². The number of guanidine groups is 1. The largest absolute Gasteiger partial charge is 0.493 e. The van der Waals surface area contributed by atoms with Crippen LogP contribution in [0.15, 0.2) is 47.5 Å². The molecule has 0 heterocycles. The normalized spacial score (nSPS) is 12.1. The van der Waals surface area contributed by atoms with Gasteiger partial charge in [0.2, 0.25) is 0 Å². The van der Waals surface area contributed by atoms with Gasteiger partial charge in [0.15, 0.2) is 17.5 Å². The van der Waals surface area contributed by atoms with Crippen LogP contribution < -0.4 is 20.5 Å². The SMILES string of the molecule is COc1ccc(CCNC(N)=NCC(OC)c2ccccc2Cl)cc1OC.I. The van der Waals surface area contributed by atoms with E-state index >= 15 is 0 Å². The second kappa shape index (κ2) is 12.7. The van der Waals surface area contributed by atoms with Gasteiger partial charge in [-0.05, 0) is 30.2 Å². The smallest absolute Gasteiger partial charge is 0.188 e. The zero-order valence-electron chi connectivity index (χ0n) is 16.3. The molecular formula is C20H27ClIN3O3. The summed E-state index contributed by atoms with van der Waals surface area (Å²) in [6, 6.07) is 13.4. The number of aliphatic imine (C=N–C) groups is 1. The molecule has 0 aliphatic carbocycles. The summed E-state index contributed by atoms with van der Waals surface area (Å²) in [5.41, 5.74) is 7.97. The lowest BCUT2D eigenvalue weighted by Gasteiger charge is -2.15. The van der Waals surface area contributed by atoms with Crippen LogP contribution in [0.2, 0.25) is 5.02 Å². The maximum Gasteiger partial charge on any atom is 0.188 e. The fraction of sp³-hybridized carbons (Fsp3) is 0.350. The van der Waals surface area contributed by atoms with Gasteiger partial charge < -0.3 is 25.3 Å². The van der Waals surface area contributed by atoms with Crippen LogP contribution in [-0.4, -0.2) is 40.4 Å². The Hall–Kier alpha value is -1.71. The van der Waals surface area contributed by atoms with Crippen molar-refractivity contribution in [1.29, 1.82) is 0 Å². The first-order valence-electron chi connectivity index (χ1n) is 8.61. The summed E-state index contributed by atoms with van der Waals surface area (Å²) in [5, 5.41) is 3.76. The Labute approximate surface area is 188 Å². The summed E-state index contributed by atoms with van der Waals surface area (Å²) < 4.78 is 16.0. The minimum atomic E-state index is -0.245. The van der Waals surface area contributed by atoms with Crippen molar-refractivity contribution in [3.8, 4) is 11.5 Å². The maximum absolute atomic E-state index is 6.22. The molecule has 2 rings (SSSR count). The minimum Gasteiger partial charge on any atom is -0.493 e. The van der Waals surface area contributed by atoms with Gasteiger partial charge in [-0.15, -0.1) is 24.0 Å². The third-order valence-electron chi connectivity index (χ3n) is 4.13. The molecule has 2 aromatic rings. The lowest BCUT2D eigenvalue weighted by molar-refractivity contribution is 0.111. The molecule has 0 amide bonds. The van der Waals surface area contributed by atoms with Gasteiger partial charge in [-0.25, -0.2) is 0 Å². The molecule has 0 spiro atoms. The van der Waals surface area contributed by atoms with Crippen molar-refractivity contribution in [2.45, 2.75) is 12.5 Å². The Kier molecular flexibility index (Phi) is 11.0. The van der Waals surface area contributed by atoms with Crippen molar-refractivity contribution < 1.29 is 14.2 Å². The highest BCUT2D eigenvalue weighted by Crippen LogP contribution is 2.27. The fourth-order valence-electron chi connectivity index (χ4n) is 2.64. The molecule has 1 atom stereocenters. The summed E-state index contributed by atoms with van der Waals surface area (Å²) in [4.78, 5) is 4.36. The van der Waals surface area contributed by atoms with Gasteiger partial charge in [0, 0.05) is 24.2 Å². The molecule has 1 unspecified atom stereocenters. The molecule has 0 fully saturated rings. The van der Waals surface area contributed by atoms with Crippen molar-refractivity contribution in [2.75, 3.05) is 34.4 Å². The number of hydrogen-bond acceptors (Lipinski definition) is 4. The highest BCUT2D eigenvalue weighted by atomic mass is 127. The predicted molar refractivity (Wildman–Crippen MR) is 124 cm³/mol. The second-order valence-electron chi connectivity index (χ2n) is 5.84. The van der Waals surface area contributed by atoms with Crippen LogP contribution >= 0.6 is 35.6 Å². The Morgan fingerprint density at radius 3 is 2.46 bits per heavy atom. The van der Waals surface area contributed by atoms with E-state index in [9.17, 15) is 0 Å². The number of nitrogens with two attached hydrogens (primary N) is 1. The third-order valence-corrected chi connectivity index (χ3v) is 4.48. The number of nitrogens with one attached hydrogen (secondary N) is 1. The third kappa shape index (κ3) is 7.03. The first-order chi connectivity index (χ1) is 13.1. The Morgan fingerprint density at radius 1 is 1.11 bits per heavy atom. The predicted octanol–water partition coefficient (Wildman–Crippen LogP) is 3.81. The lowest BCUT2D eigenvalue weighted by atomic mass is 10.1. The molecule has 3 N–H and O–H groups in total. The van der Waals surface area contributed by atoms with Gasteiger partial charge in [-0.1, -0.05) is 35.9 Å². The molecule has 0 saturated carbocycles. The molecular weight excluding hydrogens is 493 g/mol. The van der Waals surface area contributed by atoms with E-state index in [2.05, 4.69) is 10.3 Å². The first-order valence-corrected chi connectivity index (χ1v) is 8.98. The molecule has 0 radical (unpaired) electrons. The molecule has 0 aliphatic heterocycles. The Morgan fingerprint density at radius 2 is 1.82 bits per heavy atom. The molecule has 0 bridgehead atoms. The zero-order valence-corrected chi connectivity index (χ0v) is 19.4. The van der Waals surface area contributed by atoms with Crippen LogP contribution in [0.1, 0.15) is 17.2 Å². The van der Waals surface area contributed by atoms with Crippen molar-refractivity contribution in [3.05, 3.63) is 58.6 Å². The summed E-state index contributed by atoms with van der Waals surface area (Å²) >= 11 is 6.22. The monoisotopic (exact) mass is 519 g/mol. The Balaban J connectivity index is 0.00000392. The standard InChI is InChI=1S/C20H26ClN3O3.HI/c1-25-17-9-8-14(12-18(17)26-2)10-11-23-20(22)24-13-19(27-3)15-6-4-5-7-16(15)21;/h4-9,12,19H,10-11,13H2,1-3H3,(H3,22,23,24);1H. The summed E-state index contributed by atoms with van der Waals surface area (Å²) in [5.74, 6) is 1.78. The van der Waals surface area contributed by atoms with Crippen LogP contribution in [0.3, 0.4) is 0 Å². The molecule has 6 nitrogen and oxygen atoms in total. The molecule has 154 valence electrons. The van der Waals surface area contributed by atoms with Gasteiger partial charge >= 0.3 is 0 Å². The Bertz CT molecular complexity index is 774. The number of methoxy groups -OCH3 is 3. The average molecular weight is 520 g/mol. The lowest BCUT2D eigenvalue weighted by Crippen LogP contribution is -2.33. The van der Waals surface area contributed by atoms with E-state index in [1.807, 2.05) is 42.5 Å². The topological polar surface area (TPSA) is 78.1 Å². The summed E-state index contributed by atoms with van der Waals surface area (Å²) in [7, 11) is 4.87. The zero-order chi connectivity index (χ0) is 19.6. The average Bonchev–Trinajstić information content (AvgIpc) is 2.69. The maximum atomic E-state index is 6.22.